The first-order chi connectivity index (χ1) is 5.24. The quantitative estimate of drug-likeness (QED) is 0.592. The summed E-state index contributed by atoms with van der Waals surface area (Å²) in [5.41, 5.74) is 0. The lowest BCUT2D eigenvalue weighted by Crippen LogP contribution is -2.40. The third-order valence-electron chi connectivity index (χ3n) is 2.79. The number of hydrogen-bond donors (Lipinski definition) is 0. The summed E-state index contributed by atoms with van der Waals surface area (Å²) in [4.78, 5) is 2.62. The molecule has 1 unspecified atom stereocenters. The number of nitrogens with zero attached hydrogens (tertiary/aromatic N) is 1. The van der Waals surface area contributed by atoms with E-state index >= 15 is 0 Å². The van der Waals surface area contributed by atoms with Gasteiger partial charge in [-0.25, -0.2) is 0 Å². The second-order valence-corrected chi connectivity index (χ2v) is 4.01. The molecule has 1 nitrogen and oxygen atoms in total. The van der Waals surface area contributed by atoms with Crippen molar-refractivity contribution in [2.45, 2.75) is 46.1 Å². The molecule has 1 heterocycles. The summed E-state index contributed by atoms with van der Waals surface area (Å²) in [7, 11) is 0. The molecule has 11 heavy (non-hydrogen) atoms. The lowest BCUT2D eigenvalue weighted by Gasteiger charge is -2.36. The van der Waals surface area contributed by atoms with Crippen LogP contribution in [-0.4, -0.2) is 24.0 Å². The van der Waals surface area contributed by atoms with Crippen LogP contribution in [0.3, 0.4) is 0 Å². The largest absolute Gasteiger partial charge is 0.301 e. The van der Waals surface area contributed by atoms with Gasteiger partial charge in [0.05, 0.1) is 0 Å². The van der Waals surface area contributed by atoms with E-state index in [0.29, 0.717) is 0 Å². The summed E-state index contributed by atoms with van der Waals surface area (Å²) in [6.45, 7) is 9.64. The van der Waals surface area contributed by atoms with Crippen LogP contribution in [0, 0.1) is 5.92 Å². The predicted molar refractivity (Wildman–Crippen MR) is 49.7 cm³/mol. The average Bonchev–Trinajstić information content (AvgIpc) is 1.95. The van der Waals surface area contributed by atoms with Crippen molar-refractivity contribution in [3.8, 4) is 0 Å². The summed E-state index contributed by atoms with van der Waals surface area (Å²) < 4.78 is 0. The summed E-state index contributed by atoms with van der Waals surface area (Å²) in [6.07, 6.45) is 4.11. The van der Waals surface area contributed by atoms with Gasteiger partial charge in [0, 0.05) is 6.04 Å². The van der Waals surface area contributed by atoms with Gasteiger partial charge in [0.1, 0.15) is 0 Å². The van der Waals surface area contributed by atoms with Gasteiger partial charge < -0.3 is 4.90 Å². The molecule has 0 aliphatic carbocycles. The first kappa shape index (κ1) is 9.05. The van der Waals surface area contributed by atoms with E-state index in [9.17, 15) is 0 Å². The van der Waals surface area contributed by atoms with Crippen molar-refractivity contribution in [1.29, 1.82) is 0 Å². The van der Waals surface area contributed by atoms with Crippen LogP contribution in [0.2, 0.25) is 0 Å². The van der Waals surface area contributed by atoms with Gasteiger partial charge in [-0.05, 0) is 45.2 Å². The van der Waals surface area contributed by atoms with Crippen LogP contribution in [0.1, 0.15) is 40.0 Å². The second-order valence-electron chi connectivity index (χ2n) is 4.01. The van der Waals surface area contributed by atoms with E-state index in [2.05, 4.69) is 25.7 Å². The monoisotopic (exact) mass is 155 g/mol. The molecule has 1 aliphatic heterocycles. The number of likely N-dealkylation sites (tertiary alicyclic amines) is 1. The van der Waals surface area contributed by atoms with Crippen molar-refractivity contribution in [2.75, 3.05) is 13.1 Å². The smallest absolute Gasteiger partial charge is 0.00694 e. The summed E-state index contributed by atoms with van der Waals surface area (Å²) >= 11 is 0. The predicted octanol–water partition coefficient (Wildman–Crippen LogP) is 2.52. The van der Waals surface area contributed by atoms with Crippen molar-refractivity contribution in [1.82, 2.24) is 4.90 Å². The highest BCUT2D eigenvalue weighted by atomic mass is 15.2. The summed E-state index contributed by atoms with van der Waals surface area (Å²) in [5, 5.41) is 0. The maximum Gasteiger partial charge on any atom is 0.00694 e. The Kier molecular flexibility index (Phi) is 3.38. The molecule has 1 aliphatic rings. The molecule has 1 saturated heterocycles. The second kappa shape index (κ2) is 4.10. The van der Waals surface area contributed by atoms with Gasteiger partial charge in [0.2, 0.25) is 0 Å². The zero-order chi connectivity index (χ0) is 8.27. The van der Waals surface area contributed by atoms with Crippen LogP contribution in [-0.2, 0) is 0 Å². The molecular formula is C10H21N. The molecule has 0 aromatic heterocycles. The van der Waals surface area contributed by atoms with Crippen molar-refractivity contribution in [2.24, 2.45) is 5.92 Å². The Labute approximate surface area is 70.8 Å². The van der Waals surface area contributed by atoms with E-state index in [1.807, 2.05) is 0 Å². The molecular weight excluding hydrogens is 134 g/mol. The van der Waals surface area contributed by atoms with E-state index in [-0.39, 0.29) is 0 Å². The third-order valence-corrected chi connectivity index (χ3v) is 2.79. The molecule has 0 saturated carbocycles. The van der Waals surface area contributed by atoms with Crippen molar-refractivity contribution in [3.63, 3.8) is 0 Å². The van der Waals surface area contributed by atoms with Gasteiger partial charge >= 0.3 is 0 Å². The van der Waals surface area contributed by atoms with E-state index in [1.165, 1.54) is 32.4 Å². The Morgan fingerprint density at radius 1 is 1.36 bits per heavy atom. The zero-order valence-corrected chi connectivity index (χ0v) is 8.14. The van der Waals surface area contributed by atoms with Gasteiger partial charge in [-0.3, -0.25) is 0 Å². The summed E-state index contributed by atoms with van der Waals surface area (Å²) in [6, 6.07) is 0.832. The standard InChI is InChI=1S/C10H21N/c1-4-6-11-7-5-9(2)8-10(11)3/h9-10H,4-8H2,1-3H3/t9?,10-/m1/s1. The Morgan fingerprint density at radius 2 is 2.09 bits per heavy atom. The Hall–Kier alpha value is -0.0400. The van der Waals surface area contributed by atoms with Crippen molar-refractivity contribution < 1.29 is 0 Å². The first-order valence-corrected chi connectivity index (χ1v) is 4.98. The minimum atomic E-state index is 0.832. The van der Waals surface area contributed by atoms with E-state index in [0.717, 1.165) is 12.0 Å². The number of hydrogen-bond acceptors (Lipinski definition) is 1. The van der Waals surface area contributed by atoms with Crippen LogP contribution < -0.4 is 0 Å². The molecule has 0 spiro atoms. The maximum atomic E-state index is 2.62. The van der Waals surface area contributed by atoms with Gasteiger partial charge in [0.15, 0.2) is 0 Å². The topological polar surface area (TPSA) is 3.24 Å². The fraction of sp³-hybridized carbons (Fsp3) is 1.00. The first-order valence-electron chi connectivity index (χ1n) is 4.98. The average molecular weight is 155 g/mol. The molecule has 0 aromatic rings. The molecule has 0 bridgehead atoms. The molecule has 0 N–H and O–H groups in total. The van der Waals surface area contributed by atoms with E-state index < -0.39 is 0 Å². The minimum Gasteiger partial charge on any atom is -0.301 e. The SMILES string of the molecule is CCCN1CCC(C)C[C@H]1C. The minimum absolute atomic E-state index is 0.832. The van der Waals surface area contributed by atoms with Crippen LogP contribution in [0.15, 0.2) is 0 Å². The van der Waals surface area contributed by atoms with Gasteiger partial charge in [-0.2, -0.15) is 0 Å². The Bertz CT molecular complexity index is 111. The third kappa shape index (κ3) is 2.48. The van der Waals surface area contributed by atoms with Crippen LogP contribution >= 0.6 is 0 Å². The lowest BCUT2D eigenvalue weighted by molar-refractivity contribution is 0.130. The maximum absolute atomic E-state index is 2.62. The Morgan fingerprint density at radius 3 is 2.64 bits per heavy atom. The zero-order valence-electron chi connectivity index (χ0n) is 8.14. The number of piperidine rings is 1. The van der Waals surface area contributed by atoms with E-state index in [4.69, 9.17) is 0 Å². The molecule has 66 valence electrons. The van der Waals surface area contributed by atoms with Gasteiger partial charge in [-0.1, -0.05) is 13.8 Å². The fourth-order valence-electron chi connectivity index (χ4n) is 2.08. The molecule has 1 fully saturated rings. The molecule has 0 radical (unpaired) electrons. The highest BCUT2D eigenvalue weighted by Gasteiger charge is 2.21. The fourth-order valence-corrected chi connectivity index (χ4v) is 2.08. The van der Waals surface area contributed by atoms with E-state index in [1.54, 1.807) is 0 Å². The van der Waals surface area contributed by atoms with Crippen LogP contribution in [0.25, 0.3) is 0 Å². The van der Waals surface area contributed by atoms with Crippen molar-refractivity contribution in [3.05, 3.63) is 0 Å². The number of rotatable bonds is 2. The van der Waals surface area contributed by atoms with Gasteiger partial charge in [-0.15, -0.1) is 0 Å². The Balaban J connectivity index is 2.31. The molecule has 0 aromatic carbocycles. The summed E-state index contributed by atoms with van der Waals surface area (Å²) in [5.74, 6) is 0.957. The van der Waals surface area contributed by atoms with Gasteiger partial charge in [0.25, 0.3) is 0 Å². The molecule has 0 amide bonds. The lowest BCUT2D eigenvalue weighted by atomic mass is 9.93. The molecule has 1 rings (SSSR count). The van der Waals surface area contributed by atoms with Crippen molar-refractivity contribution >= 4 is 0 Å². The molecule has 2 atom stereocenters. The highest BCUT2D eigenvalue weighted by molar-refractivity contribution is 4.76. The van der Waals surface area contributed by atoms with Crippen LogP contribution in [0.5, 0.6) is 0 Å². The van der Waals surface area contributed by atoms with Crippen LogP contribution in [0.4, 0.5) is 0 Å². The molecule has 1 heteroatoms. The normalized spacial score (nSPS) is 34.1. The highest BCUT2D eigenvalue weighted by Crippen LogP contribution is 2.21.